The van der Waals surface area contributed by atoms with E-state index in [-0.39, 0.29) is 5.91 Å². The van der Waals surface area contributed by atoms with E-state index in [0.717, 1.165) is 28.6 Å². The van der Waals surface area contributed by atoms with E-state index in [1.807, 2.05) is 77.4 Å². The molecule has 6 rings (SSSR count). The van der Waals surface area contributed by atoms with Gasteiger partial charge in [0.05, 0.1) is 11.0 Å². The summed E-state index contributed by atoms with van der Waals surface area (Å²) in [5.41, 5.74) is 4.92. The second-order valence-corrected chi connectivity index (χ2v) is 12.7. The minimum absolute atomic E-state index is 0.0990. The SMILES string of the molecule is O=C(CCCc1oc(-n2cnc3ccccc32)nc1-c1ccc(Cl)cc1)Nc1ccc(C[PH]2(O)OCCCO2)cc1. The molecule has 5 aromatic rings. The number of nitrogens with one attached hydrogen (secondary N) is 1. The number of carbonyl (C=O) groups excluding carboxylic acids is 1. The molecule has 1 fully saturated rings. The van der Waals surface area contributed by atoms with Gasteiger partial charge in [-0.1, -0.05) is 35.9 Å². The topological polar surface area (TPSA) is 112 Å². The molecule has 1 amide bonds. The van der Waals surface area contributed by atoms with E-state index in [4.69, 9.17) is 30.0 Å². The summed E-state index contributed by atoms with van der Waals surface area (Å²) < 4.78 is 19.1. The summed E-state index contributed by atoms with van der Waals surface area (Å²) in [5.74, 6) is 0.588. The number of benzene rings is 3. The van der Waals surface area contributed by atoms with Gasteiger partial charge in [-0.05, 0) is 24.3 Å². The van der Waals surface area contributed by atoms with Crippen LogP contribution in [0.2, 0.25) is 5.02 Å². The van der Waals surface area contributed by atoms with E-state index in [9.17, 15) is 9.69 Å². The Morgan fingerprint density at radius 1 is 1.02 bits per heavy atom. The van der Waals surface area contributed by atoms with Crippen molar-refractivity contribution in [1.29, 1.82) is 0 Å². The summed E-state index contributed by atoms with van der Waals surface area (Å²) in [5, 5.41) is 3.58. The zero-order chi connectivity index (χ0) is 28.2. The van der Waals surface area contributed by atoms with Crippen molar-refractivity contribution < 1.29 is 23.2 Å². The third-order valence-corrected chi connectivity index (χ3v) is 9.30. The van der Waals surface area contributed by atoms with Crippen molar-refractivity contribution in [3.8, 4) is 17.3 Å². The monoisotopic (exact) mass is 592 g/mol. The van der Waals surface area contributed by atoms with E-state index in [0.29, 0.717) is 66.8 Å². The van der Waals surface area contributed by atoms with E-state index >= 15 is 0 Å². The first-order valence-electron chi connectivity index (χ1n) is 13.5. The number of hydrogen-bond acceptors (Lipinski definition) is 7. The predicted molar refractivity (Wildman–Crippen MR) is 160 cm³/mol. The van der Waals surface area contributed by atoms with Gasteiger partial charge in [-0.25, -0.2) is 4.98 Å². The van der Waals surface area contributed by atoms with Gasteiger partial charge >= 0.3 is 140 Å². The normalized spacial score (nSPS) is 15.6. The maximum atomic E-state index is 12.7. The number of halogens is 1. The summed E-state index contributed by atoms with van der Waals surface area (Å²) in [6, 6.07) is 23.0. The molecule has 41 heavy (non-hydrogen) atoms. The first-order valence-corrected chi connectivity index (χ1v) is 15.9. The molecular weight excluding hydrogens is 563 g/mol. The van der Waals surface area contributed by atoms with Crippen molar-refractivity contribution in [2.75, 3.05) is 18.5 Å². The summed E-state index contributed by atoms with van der Waals surface area (Å²) in [6.45, 7) is 1.04. The van der Waals surface area contributed by atoms with Crippen LogP contribution in [0.3, 0.4) is 0 Å². The van der Waals surface area contributed by atoms with Crippen LogP contribution in [0, 0.1) is 0 Å². The molecule has 2 N–H and O–H groups in total. The number of hydrogen-bond donors (Lipinski definition) is 2. The molecular formula is C30H30ClN4O5P. The van der Waals surface area contributed by atoms with Gasteiger partial charge in [-0.15, -0.1) is 0 Å². The van der Waals surface area contributed by atoms with Crippen molar-refractivity contribution >= 4 is 42.2 Å². The van der Waals surface area contributed by atoms with Crippen molar-refractivity contribution in [3.05, 3.63) is 95.5 Å². The third-order valence-electron chi connectivity index (χ3n) is 6.88. The summed E-state index contributed by atoms with van der Waals surface area (Å²) in [7, 11) is -3.15. The first-order chi connectivity index (χ1) is 20.0. The Morgan fingerprint density at radius 3 is 2.56 bits per heavy atom. The molecule has 1 saturated heterocycles. The molecule has 9 nitrogen and oxygen atoms in total. The van der Waals surface area contributed by atoms with Crippen molar-refractivity contribution in [3.63, 3.8) is 0 Å². The number of nitrogens with zero attached hydrogens (tertiary/aromatic N) is 3. The fraction of sp³-hybridized carbons (Fsp3) is 0.233. The predicted octanol–water partition coefficient (Wildman–Crippen LogP) is 6.72. The number of para-hydroxylation sites is 2. The van der Waals surface area contributed by atoms with Crippen LogP contribution in [-0.2, 0) is 26.4 Å². The zero-order valence-corrected chi connectivity index (χ0v) is 24.0. The molecule has 212 valence electrons. The van der Waals surface area contributed by atoms with Gasteiger partial charge in [-0.2, -0.15) is 4.98 Å². The van der Waals surface area contributed by atoms with Crippen LogP contribution in [0.15, 0.2) is 83.5 Å². The van der Waals surface area contributed by atoms with E-state index < -0.39 is 7.94 Å². The molecule has 0 radical (unpaired) electrons. The van der Waals surface area contributed by atoms with Crippen LogP contribution in [0.4, 0.5) is 5.69 Å². The van der Waals surface area contributed by atoms with Crippen LogP contribution in [-0.4, -0.2) is 38.5 Å². The third kappa shape index (κ3) is 6.50. The average Bonchev–Trinajstić information content (AvgIpc) is 3.59. The van der Waals surface area contributed by atoms with Gasteiger partial charge in [0, 0.05) is 10.6 Å². The molecule has 3 aromatic carbocycles. The molecule has 0 unspecified atom stereocenters. The standard InChI is InChI=1S/C30H30ClN4O5P/c31-23-13-11-22(12-14-23)29-27(40-30(34-29)35-20-32-25-5-1-2-6-26(25)35)7-3-8-28(36)33-24-15-9-21(10-16-24)19-41(37)38-17-4-18-39-41/h1-2,5-6,9-16,20,37,41H,3-4,7-8,17-19H2,(H,33,36). The van der Waals surface area contributed by atoms with Gasteiger partial charge in [0.1, 0.15) is 6.33 Å². The number of oxazole rings is 1. The molecule has 0 spiro atoms. The molecule has 0 saturated carbocycles. The second-order valence-electron chi connectivity index (χ2n) is 9.92. The number of fused-ring (bicyclic) bond motifs is 1. The Morgan fingerprint density at radius 2 is 1.78 bits per heavy atom. The summed E-state index contributed by atoms with van der Waals surface area (Å²) >= 11 is 6.11. The number of aromatic nitrogens is 3. The quantitative estimate of drug-likeness (QED) is 0.183. The van der Waals surface area contributed by atoms with E-state index in [1.54, 1.807) is 6.33 Å². The first kappa shape index (κ1) is 27.6. The average molecular weight is 593 g/mol. The molecule has 0 aliphatic carbocycles. The van der Waals surface area contributed by atoms with Crippen molar-refractivity contribution in [2.45, 2.75) is 31.8 Å². The Bertz CT molecular complexity index is 1650. The number of rotatable bonds is 9. The van der Waals surface area contributed by atoms with Crippen molar-refractivity contribution in [2.24, 2.45) is 0 Å². The molecule has 2 aromatic heterocycles. The number of imidazole rings is 1. The number of aryl methyl sites for hydroxylation is 1. The van der Waals surface area contributed by atoms with Crippen LogP contribution >= 0.6 is 19.5 Å². The van der Waals surface area contributed by atoms with Gasteiger partial charge in [-0.3, -0.25) is 4.57 Å². The Labute approximate surface area is 242 Å². The Hall–Kier alpha value is -3.59. The van der Waals surface area contributed by atoms with Crippen molar-refractivity contribution in [1.82, 2.24) is 14.5 Å². The molecule has 0 atom stereocenters. The number of anilines is 1. The Balaban J connectivity index is 1.11. The molecule has 1 aliphatic heterocycles. The fourth-order valence-electron chi connectivity index (χ4n) is 4.82. The summed E-state index contributed by atoms with van der Waals surface area (Å²) in [4.78, 5) is 32.5. The summed E-state index contributed by atoms with van der Waals surface area (Å²) in [6.07, 6.45) is 4.24. The maximum absolute atomic E-state index is 12.7. The Kier molecular flexibility index (Phi) is 8.14. The van der Waals surface area contributed by atoms with Gasteiger partial charge < -0.3 is 0 Å². The fourth-order valence-corrected chi connectivity index (χ4v) is 6.91. The number of carbonyl (C=O) groups is 1. The zero-order valence-electron chi connectivity index (χ0n) is 22.3. The second kappa shape index (κ2) is 12.1. The molecule has 3 heterocycles. The molecule has 1 aliphatic rings. The van der Waals surface area contributed by atoms with E-state index in [2.05, 4.69) is 10.3 Å². The van der Waals surface area contributed by atoms with Crippen LogP contribution in [0.1, 0.15) is 30.6 Å². The van der Waals surface area contributed by atoms with Gasteiger partial charge in [0.25, 0.3) is 0 Å². The van der Waals surface area contributed by atoms with Crippen LogP contribution < -0.4 is 5.32 Å². The molecule has 0 bridgehead atoms. The van der Waals surface area contributed by atoms with Gasteiger partial charge in [0.15, 0.2) is 0 Å². The minimum atomic E-state index is -3.15. The van der Waals surface area contributed by atoms with Gasteiger partial charge in [0.2, 0.25) is 0 Å². The van der Waals surface area contributed by atoms with Crippen LogP contribution in [0.5, 0.6) is 0 Å². The van der Waals surface area contributed by atoms with E-state index in [1.165, 1.54) is 0 Å². The number of amides is 1. The van der Waals surface area contributed by atoms with Crippen LogP contribution in [0.25, 0.3) is 28.3 Å². The molecule has 11 heteroatoms.